The number of nitrogens with zero attached hydrogens (tertiary/aromatic N) is 1. The molecule has 1 amide bonds. The second kappa shape index (κ2) is 6.50. The molecule has 25 heavy (non-hydrogen) atoms. The Morgan fingerprint density at radius 1 is 1.16 bits per heavy atom. The summed E-state index contributed by atoms with van der Waals surface area (Å²) in [7, 11) is -0.595. The molecule has 1 heterocycles. The highest BCUT2D eigenvalue weighted by molar-refractivity contribution is 7.89. The van der Waals surface area contributed by atoms with Crippen LogP contribution in [0, 0.1) is 6.92 Å². The highest BCUT2D eigenvalue weighted by Crippen LogP contribution is 2.25. The van der Waals surface area contributed by atoms with Crippen molar-refractivity contribution in [1.82, 2.24) is 4.31 Å². The van der Waals surface area contributed by atoms with Crippen molar-refractivity contribution < 1.29 is 13.2 Å². The van der Waals surface area contributed by atoms with Gasteiger partial charge in [-0.15, -0.1) is 0 Å². The minimum atomic E-state index is -3.56. The Bertz CT molecular complexity index is 937. The van der Waals surface area contributed by atoms with Crippen molar-refractivity contribution in [2.75, 3.05) is 31.3 Å². The minimum absolute atomic E-state index is 0.188. The Kier molecular flexibility index (Phi) is 4.53. The molecular weight excluding hydrogens is 338 g/mol. The summed E-state index contributed by atoms with van der Waals surface area (Å²) in [5.74, 6) is -0.258. The third-order valence-electron chi connectivity index (χ3n) is 4.28. The summed E-state index contributed by atoms with van der Waals surface area (Å²) < 4.78 is 26.0. The zero-order valence-electron chi connectivity index (χ0n) is 14.5. The maximum atomic E-state index is 12.5. The van der Waals surface area contributed by atoms with Crippen LogP contribution in [0.3, 0.4) is 0 Å². The number of carbonyl (C=O) groups excluding carboxylic acids is 1. The van der Waals surface area contributed by atoms with E-state index in [1.165, 1.54) is 20.2 Å². The number of benzene rings is 2. The standard InChI is InChI=1S/C18H21N3O3S/c1-12-4-6-15(11-17(12)25(23,24)21(2)3)20-18(22)14-5-7-16-13(10-14)8-9-19-16/h4-7,10-11,19H,8-9H2,1-3H3,(H,20,22). The number of nitrogens with one attached hydrogen (secondary N) is 2. The van der Waals surface area contributed by atoms with Gasteiger partial charge in [-0.3, -0.25) is 4.79 Å². The van der Waals surface area contributed by atoms with Crippen molar-refractivity contribution in [3.8, 4) is 0 Å². The molecule has 2 N–H and O–H groups in total. The number of sulfonamides is 1. The van der Waals surface area contributed by atoms with Gasteiger partial charge >= 0.3 is 0 Å². The average Bonchev–Trinajstić information content (AvgIpc) is 3.03. The first-order chi connectivity index (χ1) is 11.8. The van der Waals surface area contributed by atoms with Gasteiger partial charge in [-0.05, 0) is 54.8 Å². The summed E-state index contributed by atoms with van der Waals surface area (Å²) in [5, 5.41) is 6.04. The van der Waals surface area contributed by atoms with Crippen LogP contribution in [0.5, 0.6) is 0 Å². The van der Waals surface area contributed by atoms with Gasteiger partial charge in [-0.2, -0.15) is 0 Å². The zero-order chi connectivity index (χ0) is 18.2. The van der Waals surface area contributed by atoms with Gasteiger partial charge in [-0.1, -0.05) is 6.07 Å². The highest BCUT2D eigenvalue weighted by atomic mass is 32.2. The molecule has 0 atom stereocenters. The molecule has 1 aliphatic rings. The van der Waals surface area contributed by atoms with E-state index in [0.29, 0.717) is 16.8 Å². The van der Waals surface area contributed by atoms with Crippen LogP contribution >= 0.6 is 0 Å². The lowest BCUT2D eigenvalue weighted by molar-refractivity contribution is 0.102. The van der Waals surface area contributed by atoms with Crippen LogP contribution in [0.1, 0.15) is 21.5 Å². The van der Waals surface area contributed by atoms with E-state index in [4.69, 9.17) is 0 Å². The van der Waals surface area contributed by atoms with Gasteiger partial charge in [0.05, 0.1) is 4.90 Å². The molecule has 0 aliphatic carbocycles. The van der Waals surface area contributed by atoms with Crippen LogP contribution in [-0.4, -0.2) is 39.3 Å². The molecule has 0 aromatic heterocycles. The maximum Gasteiger partial charge on any atom is 0.255 e. The molecule has 0 bridgehead atoms. The Labute approximate surface area is 147 Å². The van der Waals surface area contributed by atoms with E-state index < -0.39 is 10.0 Å². The summed E-state index contributed by atoms with van der Waals surface area (Å²) >= 11 is 0. The van der Waals surface area contributed by atoms with Gasteiger partial charge in [0.25, 0.3) is 5.91 Å². The van der Waals surface area contributed by atoms with E-state index in [1.807, 2.05) is 12.1 Å². The number of aryl methyl sites for hydroxylation is 1. The quantitative estimate of drug-likeness (QED) is 0.879. The van der Waals surface area contributed by atoms with E-state index in [9.17, 15) is 13.2 Å². The molecule has 0 radical (unpaired) electrons. The SMILES string of the molecule is Cc1ccc(NC(=O)c2ccc3c(c2)CCN3)cc1S(=O)(=O)N(C)C. The zero-order valence-corrected chi connectivity index (χ0v) is 15.3. The molecule has 0 saturated carbocycles. The molecule has 132 valence electrons. The fourth-order valence-corrected chi connectivity index (χ4v) is 3.95. The smallest absolute Gasteiger partial charge is 0.255 e. The van der Waals surface area contributed by atoms with E-state index in [2.05, 4.69) is 10.6 Å². The van der Waals surface area contributed by atoms with Crippen molar-refractivity contribution in [2.24, 2.45) is 0 Å². The Morgan fingerprint density at radius 3 is 2.64 bits per heavy atom. The van der Waals surface area contributed by atoms with E-state index >= 15 is 0 Å². The van der Waals surface area contributed by atoms with Crippen molar-refractivity contribution in [3.05, 3.63) is 53.1 Å². The number of amides is 1. The van der Waals surface area contributed by atoms with E-state index in [-0.39, 0.29) is 10.8 Å². The molecule has 0 spiro atoms. The van der Waals surface area contributed by atoms with Crippen LogP contribution in [0.2, 0.25) is 0 Å². The molecule has 2 aromatic carbocycles. The van der Waals surface area contributed by atoms with Crippen LogP contribution in [-0.2, 0) is 16.4 Å². The van der Waals surface area contributed by atoms with Gasteiger partial charge in [0, 0.05) is 37.6 Å². The number of carbonyl (C=O) groups is 1. The fraction of sp³-hybridized carbons (Fsp3) is 0.278. The Balaban J connectivity index is 1.87. The lowest BCUT2D eigenvalue weighted by Gasteiger charge is -2.15. The number of hydrogen-bond acceptors (Lipinski definition) is 4. The average molecular weight is 359 g/mol. The molecular formula is C18H21N3O3S. The van der Waals surface area contributed by atoms with Crippen LogP contribution in [0.15, 0.2) is 41.3 Å². The van der Waals surface area contributed by atoms with Crippen LogP contribution in [0.25, 0.3) is 0 Å². The first-order valence-corrected chi connectivity index (χ1v) is 9.44. The second-order valence-electron chi connectivity index (χ2n) is 6.27. The highest BCUT2D eigenvalue weighted by Gasteiger charge is 2.21. The first-order valence-electron chi connectivity index (χ1n) is 8.00. The predicted octanol–water partition coefficient (Wildman–Crippen LogP) is 2.47. The Morgan fingerprint density at radius 2 is 1.92 bits per heavy atom. The van der Waals surface area contributed by atoms with Gasteiger partial charge in [-0.25, -0.2) is 12.7 Å². The first kappa shape index (κ1) is 17.4. The molecule has 3 rings (SSSR count). The maximum absolute atomic E-state index is 12.5. The molecule has 0 fully saturated rings. The topological polar surface area (TPSA) is 78.5 Å². The van der Waals surface area contributed by atoms with E-state index in [1.54, 1.807) is 25.1 Å². The van der Waals surface area contributed by atoms with Gasteiger partial charge < -0.3 is 10.6 Å². The molecule has 2 aromatic rings. The summed E-state index contributed by atoms with van der Waals surface area (Å²) in [6, 6.07) is 10.4. The number of hydrogen-bond donors (Lipinski definition) is 2. The number of anilines is 2. The van der Waals surface area contributed by atoms with E-state index in [0.717, 1.165) is 28.5 Å². The normalized spacial score (nSPS) is 13.4. The van der Waals surface area contributed by atoms with Gasteiger partial charge in [0.2, 0.25) is 10.0 Å². The monoisotopic (exact) mass is 359 g/mol. The number of fused-ring (bicyclic) bond motifs is 1. The summed E-state index contributed by atoms with van der Waals surface area (Å²) in [5.41, 5.74) is 3.82. The molecule has 1 aliphatic heterocycles. The largest absolute Gasteiger partial charge is 0.384 e. The Hall–Kier alpha value is -2.38. The second-order valence-corrected chi connectivity index (χ2v) is 8.39. The minimum Gasteiger partial charge on any atom is -0.384 e. The van der Waals surface area contributed by atoms with Crippen molar-refractivity contribution in [1.29, 1.82) is 0 Å². The fourth-order valence-electron chi connectivity index (χ4n) is 2.80. The third-order valence-corrected chi connectivity index (χ3v) is 6.24. The van der Waals surface area contributed by atoms with Crippen LogP contribution in [0.4, 0.5) is 11.4 Å². The molecule has 6 nitrogen and oxygen atoms in total. The molecule has 0 saturated heterocycles. The van der Waals surface area contributed by atoms with Crippen LogP contribution < -0.4 is 10.6 Å². The summed E-state index contributed by atoms with van der Waals surface area (Å²) in [6.07, 6.45) is 0.895. The van der Waals surface area contributed by atoms with Crippen molar-refractivity contribution >= 4 is 27.3 Å². The van der Waals surface area contributed by atoms with Gasteiger partial charge in [0.1, 0.15) is 0 Å². The third kappa shape index (κ3) is 3.38. The lowest BCUT2D eigenvalue weighted by atomic mass is 10.1. The molecule has 0 unspecified atom stereocenters. The lowest BCUT2D eigenvalue weighted by Crippen LogP contribution is -2.23. The summed E-state index contributed by atoms with van der Waals surface area (Å²) in [6.45, 7) is 2.61. The van der Waals surface area contributed by atoms with Gasteiger partial charge in [0.15, 0.2) is 0 Å². The summed E-state index contributed by atoms with van der Waals surface area (Å²) in [4.78, 5) is 12.7. The molecule has 7 heteroatoms. The number of rotatable bonds is 4. The predicted molar refractivity (Wildman–Crippen MR) is 98.6 cm³/mol. The van der Waals surface area contributed by atoms with Crippen molar-refractivity contribution in [2.45, 2.75) is 18.2 Å². The van der Waals surface area contributed by atoms with Crippen molar-refractivity contribution in [3.63, 3.8) is 0 Å².